The lowest BCUT2D eigenvalue weighted by atomic mass is 9.95. The molecule has 1 heterocycles. The van der Waals surface area contributed by atoms with E-state index in [1.54, 1.807) is 30.3 Å². The molecule has 0 bridgehead atoms. The van der Waals surface area contributed by atoms with Gasteiger partial charge in [0.25, 0.3) is 17.4 Å². The molecule has 3 rings (SSSR count). The van der Waals surface area contributed by atoms with Crippen LogP contribution in [0.25, 0.3) is 5.76 Å². The molecule has 2 aromatic carbocycles. The van der Waals surface area contributed by atoms with Crippen molar-refractivity contribution in [1.82, 2.24) is 4.90 Å². The first kappa shape index (κ1) is 18.3. The average molecular weight is 368 g/mol. The number of carbonyl (C=O) groups is 2. The second-order valence-electron chi connectivity index (χ2n) is 5.93. The van der Waals surface area contributed by atoms with Crippen LogP contribution in [0.4, 0.5) is 5.69 Å². The van der Waals surface area contributed by atoms with Crippen LogP contribution < -0.4 is 0 Å². The third-order valence-corrected chi connectivity index (χ3v) is 4.35. The fourth-order valence-corrected chi connectivity index (χ4v) is 3.09. The van der Waals surface area contributed by atoms with Gasteiger partial charge in [-0.3, -0.25) is 19.7 Å². The zero-order valence-electron chi connectivity index (χ0n) is 14.1. The van der Waals surface area contributed by atoms with E-state index in [0.29, 0.717) is 11.1 Å². The van der Waals surface area contributed by atoms with Crippen LogP contribution >= 0.6 is 0 Å². The smallest absolute Gasteiger partial charge is 0.295 e. The first-order valence-corrected chi connectivity index (χ1v) is 8.14. The number of carbonyl (C=O) groups excluding carboxylic acids is 2. The summed E-state index contributed by atoms with van der Waals surface area (Å²) in [6.07, 6.45) is 0. The van der Waals surface area contributed by atoms with Gasteiger partial charge in [0, 0.05) is 24.2 Å². The lowest BCUT2D eigenvalue weighted by Gasteiger charge is -2.24. The van der Waals surface area contributed by atoms with Gasteiger partial charge in [0.15, 0.2) is 0 Å². The summed E-state index contributed by atoms with van der Waals surface area (Å²) in [5.41, 5.74) is 0.534. The molecule has 1 amide bonds. The van der Waals surface area contributed by atoms with Gasteiger partial charge in [0.05, 0.1) is 23.1 Å². The molecule has 1 saturated heterocycles. The molecule has 1 atom stereocenters. The molecule has 138 valence electrons. The minimum absolute atomic E-state index is 0.113. The number of ketones is 1. The van der Waals surface area contributed by atoms with E-state index < -0.39 is 22.7 Å². The van der Waals surface area contributed by atoms with Crippen molar-refractivity contribution in [2.24, 2.45) is 0 Å². The highest BCUT2D eigenvalue weighted by atomic mass is 16.6. The van der Waals surface area contributed by atoms with Crippen LogP contribution in [0, 0.1) is 10.1 Å². The highest BCUT2D eigenvalue weighted by Crippen LogP contribution is 2.39. The molecule has 1 aliphatic rings. The zero-order valence-corrected chi connectivity index (χ0v) is 14.1. The first-order valence-electron chi connectivity index (χ1n) is 8.14. The van der Waals surface area contributed by atoms with Crippen LogP contribution in [0.1, 0.15) is 17.2 Å². The summed E-state index contributed by atoms with van der Waals surface area (Å²) in [5, 5.41) is 30.8. The third kappa shape index (κ3) is 3.30. The van der Waals surface area contributed by atoms with Gasteiger partial charge in [-0.15, -0.1) is 0 Å². The van der Waals surface area contributed by atoms with Crippen molar-refractivity contribution < 1.29 is 24.7 Å². The van der Waals surface area contributed by atoms with E-state index >= 15 is 0 Å². The van der Waals surface area contributed by atoms with Gasteiger partial charge in [-0.1, -0.05) is 30.3 Å². The molecule has 0 aliphatic carbocycles. The molecular formula is C19H16N2O6. The Kier molecular flexibility index (Phi) is 5.00. The number of nitro benzene ring substituents is 1. The summed E-state index contributed by atoms with van der Waals surface area (Å²) in [7, 11) is 0. The number of non-ortho nitro benzene ring substituents is 1. The van der Waals surface area contributed by atoms with Crippen LogP contribution in [-0.2, 0) is 9.59 Å². The minimum atomic E-state index is -0.946. The summed E-state index contributed by atoms with van der Waals surface area (Å²) in [6, 6.07) is 12.7. The van der Waals surface area contributed by atoms with Gasteiger partial charge in [0.1, 0.15) is 5.76 Å². The predicted octanol–water partition coefficient (Wildman–Crippen LogP) is 2.01. The topological polar surface area (TPSA) is 121 Å². The van der Waals surface area contributed by atoms with E-state index in [-0.39, 0.29) is 30.2 Å². The molecule has 0 radical (unpaired) electrons. The molecule has 0 saturated carbocycles. The second-order valence-corrected chi connectivity index (χ2v) is 5.93. The Labute approximate surface area is 154 Å². The standard InChI is InChI=1S/C19H16N2O6/c22-11-10-20-16(12-6-8-14(9-7-12)21(26)27)15(18(24)19(20)25)17(23)13-4-2-1-3-5-13/h1-9,16,22-23H,10-11H2/b17-15+/t16-/m0/s1. The monoisotopic (exact) mass is 368 g/mol. The molecule has 8 nitrogen and oxygen atoms in total. The molecule has 0 spiro atoms. The van der Waals surface area contributed by atoms with Crippen molar-refractivity contribution in [3.8, 4) is 0 Å². The largest absolute Gasteiger partial charge is 0.507 e. The van der Waals surface area contributed by atoms with Crippen molar-refractivity contribution in [3.63, 3.8) is 0 Å². The lowest BCUT2D eigenvalue weighted by molar-refractivity contribution is -0.384. The maximum absolute atomic E-state index is 12.6. The van der Waals surface area contributed by atoms with Gasteiger partial charge < -0.3 is 15.1 Å². The number of rotatable bonds is 5. The Morgan fingerprint density at radius 3 is 2.26 bits per heavy atom. The summed E-state index contributed by atoms with van der Waals surface area (Å²) in [6.45, 7) is -0.486. The number of aliphatic hydroxyl groups excluding tert-OH is 2. The van der Waals surface area contributed by atoms with Crippen molar-refractivity contribution in [1.29, 1.82) is 0 Å². The number of likely N-dealkylation sites (tertiary alicyclic amines) is 1. The van der Waals surface area contributed by atoms with Gasteiger partial charge in [0.2, 0.25) is 0 Å². The van der Waals surface area contributed by atoms with E-state index in [9.17, 15) is 29.9 Å². The highest BCUT2D eigenvalue weighted by Gasteiger charge is 2.45. The fraction of sp³-hybridized carbons (Fsp3) is 0.158. The first-order chi connectivity index (χ1) is 13.0. The van der Waals surface area contributed by atoms with E-state index in [0.717, 1.165) is 4.90 Å². The quantitative estimate of drug-likeness (QED) is 0.274. The number of amides is 1. The molecule has 27 heavy (non-hydrogen) atoms. The predicted molar refractivity (Wildman–Crippen MR) is 95.6 cm³/mol. The number of nitrogens with zero attached hydrogens (tertiary/aromatic N) is 2. The number of aliphatic hydroxyl groups is 2. The van der Waals surface area contributed by atoms with Gasteiger partial charge in [-0.2, -0.15) is 0 Å². The summed E-state index contributed by atoms with van der Waals surface area (Å²) < 4.78 is 0. The summed E-state index contributed by atoms with van der Waals surface area (Å²) in [4.78, 5) is 36.4. The number of nitro groups is 1. The summed E-state index contributed by atoms with van der Waals surface area (Å²) >= 11 is 0. The molecular weight excluding hydrogens is 352 g/mol. The Morgan fingerprint density at radius 2 is 1.70 bits per heavy atom. The fourth-order valence-electron chi connectivity index (χ4n) is 3.09. The van der Waals surface area contributed by atoms with Crippen molar-refractivity contribution in [3.05, 3.63) is 81.4 Å². The Morgan fingerprint density at radius 1 is 1.07 bits per heavy atom. The molecule has 2 aromatic rings. The normalized spacial score (nSPS) is 18.7. The van der Waals surface area contributed by atoms with E-state index in [1.165, 1.54) is 24.3 Å². The van der Waals surface area contributed by atoms with Crippen molar-refractivity contribution in [2.45, 2.75) is 6.04 Å². The van der Waals surface area contributed by atoms with E-state index in [2.05, 4.69) is 0 Å². The minimum Gasteiger partial charge on any atom is -0.507 e. The Hall–Kier alpha value is -3.52. The van der Waals surface area contributed by atoms with Crippen molar-refractivity contribution in [2.75, 3.05) is 13.2 Å². The van der Waals surface area contributed by atoms with Crippen LogP contribution in [0.15, 0.2) is 60.2 Å². The number of β-amino-alcohol motifs (C(OH)–C–C–N with tert-alkyl or cyclic N) is 1. The Bertz CT molecular complexity index is 921. The SMILES string of the molecule is O=C1C(=O)N(CCO)[C@@H](c2ccc([N+](=O)[O-])cc2)/C1=C(\O)c1ccccc1. The number of hydrogen-bond acceptors (Lipinski definition) is 6. The number of benzene rings is 2. The van der Waals surface area contributed by atoms with E-state index in [4.69, 9.17) is 0 Å². The molecule has 0 unspecified atom stereocenters. The molecule has 1 fully saturated rings. The third-order valence-electron chi connectivity index (χ3n) is 4.35. The molecule has 2 N–H and O–H groups in total. The van der Waals surface area contributed by atoms with E-state index in [1.807, 2.05) is 0 Å². The van der Waals surface area contributed by atoms with Gasteiger partial charge in [-0.05, 0) is 17.7 Å². The summed E-state index contributed by atoms with van der Waals surface area (Å²) in [5.74, 6) is -2.05. The van der Waals surface area contributed by atoms with Gasteiger partial charge >= 0.3 is 0 Å². The van der Waals surface area contributed by atoms with Crippen molar-refractivity contribution >= 4 is 23.1 Å². The van der Waals surface area contributed by atoms with Crippen LogP contribution in [-0.4, -0.2) is 44.9 Å². The van der Waals surface area contributed by atoms with Gasteiger partial charge in [-0.25, -0.2) is 0 Å². The zero-order chi connectivity index (χ0) is 19.6. The maximum atomic E-state index is 12.6. The second kappa shape index (κ2) is 7.38. The Balaban J connectivity index is 2.16. The molecule has 0 aromatic heterocycles. The van der Waals surface area contributed by atoms with Crippen LogP contribution in [0.3, 0.4) is 0 Å². The maximum Gasteiger partial charge on any atom is 0.295 e. The highest BCUT2D eigenvalue weighted by molar-refractivity contribution is 6.46. The van der Waals surface area contributed by atoms with Crippen LogP contribution in [0.2, 0.25) is 0 Å². The average Bonchev–Trinajstić information content (AvgIpc) is 2.93. The lowest BCUT2D eigenvalue weighted by Crippen LogP contribution is -2.32. The number of hydrogen-bond donors (Lipinski definition) is 2. The van der Waals surface area contributed by atoms with Crippen LogP contribution in [0.5, 0.6) is 0 Å². The molecule has 1 aliphatic heterocycles. The number of Topliss-reactive ketones (excluding diaryl/α,β-unsaturated/α-hetero) is 1. The molecule has 8 heteroatoms.